The van der Waals surface area contributed by atoms with Crippen molar-refractivity contribution in [1.82, 2.24) is 10.2 Å². The van der Waals surface area contributed by atoms with Crippen LogP contribution in [0.4, 0.5) is 33.5 Å². The molecule has 1 amide bonds. The van der Waals surface area contributed by atoms with E-state index in [1.165, 1.54) is 42.5 Å². The highest BCUT2D eigenvalue weighted by atomic mass is 35.5. The number of aromatic nitrogens is 2. The third-order valence-corrected chi connectivity index (χ3v) is 4.96. The molecule has 0 aliphatic heterocycles. The van der Waals surface area contributed by atoms with Crippen molar-refractivity contribution in [2.45, 2.75) is 6.18 Å². The second kappa shape index (κ2) is 10.2. The molecule has 36 heavy (non-hydrogen) atoms. The maximum atomic E-state index is 13.8. The van der Waals surface area contributed by atoms with E-state index in [0.717, 1.165) is 24.3 Å². The first-order valence-electron chi connectivity index (χ1n) is 10.2. The summed E-state index contributed by atoms with van der Waals surface area (Å²) in [4.78, 5) is 16.5. The van der Waals surface area contributed by atoms with Gasteiger partial charge < -0.3 is 10.6 Å². The predicted molar refractivity (Wildman–Crippen MR) is 126 cm³/mol. The number of hydrogen-bond acceptors (Lipinski definition) is 2. The first kappa shape index (κ1) is 24.9. The van der Waals surface area contributed by atoms with Gasteiger partial charge in [-0.25, -0.2) is 8.78 Å². The lowest BCUT2D eigenvalue weighted by molar-refractivity contribution is -0.137. The van der Waals surface area contributed by atoms with Crippen LogP contribution in [-0.2, 0) is 6.18 Å². The average Bonchev–Trinajstić information content (AvgIpc) is 3.26. The zero-order valence-electron chi connectivity index (χ0n) is 18.0. The normalized spacial score (nSPS) is 11.9. The van der Waals surface area contributed by atoms with Crippen molar-refractivity contribution in [2.75, 3.05) is 10.6 Å². The van der Waals surface area contributed by atoms with Crippen LogP contribution in [0.2, 0.25) is 5.02 Å². The number of amides is 1. The summed E-state index contributed by atoms with van der Waals surface area (Å²) >= 11 is 5.88. The fourth-order valence-electron chi connectivity index (χ4n) is 3.13. The summed E-state index contributed by atoms with van der Waals surface area (Å²) in [7, 11) is 0. The maximum absolute atomic E-state index is 13.8. The van der Waals surface area contributed by atoms with Gasteiger partial charge in [-0.05, 0) is 60.7 Å². The van der Waals surface area contributed by atoms with Crippen LogP contribution in [0.25, 0.3) is 11.3 Å². The molecule has 0 fully saturated rings. The van der Waals surface area contributed by atoms with Crippen molar-refractivity contribution in [1.29, 1.82) is 0 Å². The number of hydrogen-bond donors (Lipinski definition) is 3. The van der Waals surface area contributed by atoms with Crippen molar-refractivity contribution >= 4 is 35.0 Å². The Balaban J connectivity index is 1.65. The van der Waals surface area contributed by atoms with Crippen LogP contribution in [0.15, 0.2) is 77.8 Å². The molecular weight excluding hydrogens is 505 g/mol. The van der Waals surface area contributed by atoms with Crippen LogP contribution in [0.1, 0.15) is 15.9 Å². The standard InChI is InChI=1S/C24H15ClF5N5O/c25-16-9-18(27)11-19(10-16)31-23(33-22(36)14-2-1-3-15(8-14)24(28,29)30)32-21-12-20(34-35-21)13-4-6-17(26)7-5-13/h1-12H,(H3,31,32,33,34,35,36). The van der Waals surface area contributed by atoms with Gasteiger partial charge in [0.25, 0.3) is 5.91 Å². The van der Waals surface area contributed by atoms with Gasteiger partial charge in [-0.15, -0.1) is 0 Å². The van der Waals surface area contributed by atoms with Crippen molar-refractivity contribution in [3.05, 3.63) is 101 Å². The average molecular weight is 520 g/mol. The SMILES string of the molecule is O=C(/N=C(/Nc1cc(F)cc(Cl)c1)Nc1cc(-c2ccc(F)cc2)n[nH]1)c1cccc(C(F)(F)F)c1. The third-order valence-electron chi connectivity index (χ3n) is 4.75. The number of carbonyl (C=O) groups excluding carboxylic acids is 1. The van der Waals surface area contributed by atoms with Gasteiger partial charge in [0.15, 0.2) is 0 Å². The lowest BCUT2D eigenvalue weighted by Gasteiger charge is -2.12. The third kappa shape index (κ3) is 6.25. The molecule has 4 aromatic rings. The zero-order chi connectivity index (χ0) is 25.9. The molecule has 0 spiro atoms. The van der Waals surface area contributed by atoms with Crippen LogP contribution in [0, 0.1) is 11.6 Å². The Kier molecular flexibility index (Phi) is 7.02. The molecule has 0 radical (unpaired) electrons. The van der Waals surface area contributed by atoms with Crippen molar-refractivity contribution < 1.29 is 26.7 Å². The van der Waals surface area contributed by atoms with Gasteiger partial charge in [-0.3, -0.25) is 9.89 Å². The van der Waals surface area contributed by atoms with E-state index in [4.69, 9.17) is 11.6 Å². The van der Waals surface area contributed by atoms with E-state index in [-0.39, 0.29) is 28.1 Å². The van der Waals surface area contributed by atoms with E-state index >= 15 is 0 Å². The molecule has 0 saturated heterocycles. The quantitative estimate of drug-likeness (QED) is 0.158. The minimum absolute atomic E-state index is 0.0567. The van der Waals surface area contributed by atoms with E-state index in [1.807, 2.05) is 0 Å². The Morgan fingerprint density at radius 2 is 1.67 bits per heavy atom. The van der Waals surface area contributed by atoms with Crippen molar-refractivity contribution in [3.8, 4) is 11.3 Å². The lowest BCUT2D eigenvalue weighted by Crippen LogP contribution is -2.24. The predicted octanol–water partition coefficient (Wildman–Crippen LogP) is 6.75. The van der Waals surface area contributed by atoms with Gasteiger partial charge in [0, 0.05) is 27.9 Å². The molecule has 0 aliphatic carbocycles. The van der Waals surface area contributed by atoms with E-state index in [9.17, 15) is 26.7 Å². The molecule has 3 N–H and O–H groups in total. The van der Waals surface area contributed by atoms with Crippen LogP contribution < -0.4 is 10.6 Å². The summed E-state index contributed by atoms with van der Waals surface area (Å²) in [6.45, 7) is 0. The number of carbonyl (C=O) groups is 1. The van der Waals surface area contributed by atoms with Gasteiger partial charge in [0.2, 0.25) is 5.96 Å². The number of rotatable bonds is 4. The smallest absolute Gasteiger partial charge is 0.325 e. The number of nitrogens with zero attached hydrogens (tertiary/aromatic N) is 2. The number of guanidine groups is 1. The van der Waals surface area contributed by atoms with E-state index < -0.39 is 29.3 Å². The summed E-state index contributed by atoms with van der Waals surface area (Å²) in [5.74, 6) is -2.13. The molecule has 0 unspecified atom stereocenters. The number of halogens is 6. The largest absolute Gasteiger partial charge is 0.416 e. The van der Waals surface area contributed by atoms with Crippen molar-refractivity contribution in [2.24, 2.45) is 4.99 Å². The van der Waals surface area contributed by atoms with Crippen LogP contribution in [0.5, 0.6) is 0 Å². The second-order valence-electron chi connectivity index (χ2n) is 7.43. The summed E-state index contributed by atoms with van der Waals surface area (Å²) in [5.41, 5.74) is -0.208. The first-order valence-corrected chi connectivity index (χ1v) is 10.6. The molecule has 1 heterocycles. The molecule has 0 bridgehead atoms. The number of aliphatic imine (C=N–C) groups is 1. The molecular formula is C24H15ClF5N5O. The Morgan fingerprint density at radius 3 is 2.36 bits per heavy atom. The molecule has 6 nitrogen and oxygen atoms in total. The molecule has 4 rings (SSSR count). The molecule has 3 aromatic carbocycles. The number of H-pyrrole nitrogens is 1. The Bertz CT molecular complexity index is 1410. The van der Waals surface area contributed by atoms with Crippen LogP contribution >= 0.6 is 11.6 Å². The first-order chi connectivity index (χ1) is 17.1. The van der Waals surface area contributed by atoms with Crippen LogP contribution in [0.3, 0.4) is 0 Å². The zero-order valence-corrected chi connectivity index (χ0v) is 18.8. The summed E-state index contributed by atoms with van der Waals surface area (Å²) < 4.78 is 66.2. The number of benzene rings is 3. The summed E-state index contributed by atoms with van der Waals surface area (Å²) in [6, 6.07) is 14.3. The number of nitrogens with one attached hydrogen (secondary N) is 3. The summed E-state index contributed by atoms with van der Waals surface area (Å²) in [5, 5.41) is 12.3. The minimum Gasteiger partial charge on any atom is -0.325 e. The molecule has 12 heteroatoms. The minimum atomic E-state index is -4.65. The number of alkyl halides is 3. The van der Waals surface area contributed by atoms with Crippen molar-refractivity contribution in [3.63, 3.8) is 0 Å². The fraction of sp³-hybridized carbons (Fsp3) is 0.0417. The van der Waals surface area contributed by atoms with E-state index in [2.05, 4.69) is 25.8 Å². The molecule has 0 aliphatic rings. The molecule has 0 atom stereocenters. The highest BCUT2D eigenvalue weighted by Crippen LogP contribution is 2.29. The van der Waals surface area contributed by atoms with Gasteiger partial charge in [0.05, 0.1) is 11.3 Å². The van der Waals surface area contributed by atoms with Gasteiger partial charge in [0.1, 0.15) is 17.5 Å². The topological polar surface area (TPSA) is 82.2 Å². The summed E-state index contributed by atoms with van der Waals surface area (Å²) in [6.07, 6.45) is -4.65. The Labute approximate surface area is 205 Å². The number of anilines is 2. The second-order valence-corrected chi connectivity index (χ2v) is 7.86. The maximum Gasteiger partial charge on any atom is 0.416 e. The van der Waals surface area contributed by atoms with Gasteiger partial charge in [-0.1, -0.05) is 17.7 Å². The monoisotopic (exact) mass is 519 g/mol. The van der Waals surface area contributed by atoms with Crippen LogP contribution in [-0.4, -0.2) is 22.1 Å². The molecule has 1 aromatic heterocycles. The Morgan fingerprint density at radius 1 is 0.917 bits per heavy atom. The fourth-order valence-corrected chi connectivity index (χ4v) is 3.35. The highest BCUT2D eigenvalue weighted by Gasteiger charge is 2.31. The van der Waals surface area contributed by atoms with E-state index in [1.54, 1.807) is 0 Å². The van der Waals surface area contributed by atoms with Gasteiger partial charge in [-0.2, -0.15) is 23.3 Å². The molecule has 184 valence electrons. The highest BCUT2D eigenvalue weighted by molar-refractivity contribution is 6.31. The Hall–Kier alpha value is -4.25. The van der Waals surface area contributed by atoms with Gasteiger partial charge >= 0.3 is 6.18 Å². The molecule has 0 saturated carbocycles. The lowest BCUT2D eigenvalue weighted by atomic mass is 10.1. The van der Waals surface area contributed by atoms with E-state index in [0.29, 0.717) is 17.3 Å². The number of aromatic amines is 1.